The smallest absolute Gasteiger partial charge is 0.252 e. The highest BCUT2D eigenvalue weighted by Crippen LogP contribution is 2.51. The molecule has 0 saturated carbocycles. The van der Waals surface area contributed by atoms with E-state index in [1.54, 1.807) is 0 Å². The second-order valence-corrected chi connectivity index (χ2v) is 20.1. The van der Waals surface area contributed by atoms with E-state index in [0.717, 1.165) is 20.3 Å². The van der Waals surface area contributed by atoms with Gasteiger partial charge in [-0.15, -0.1) is 0 Å². The maximum absolute atomic E-state index is 4.03. The van der Waals surface area contributed by atoms with Crippen molar-refractivity contribution in [1.82, 2.24) is 0 Å². The van der Waals surface area contributed by atoms with Gasteiger partial charge in [-0.3, -0.25) is 0 Å². The van der Waals surface area contributed by atoms with Gasteiger partial charge in [0.25, 0.3) is 6.71 Å². The fraction of sp³-hybridized carbons (Fsp3) is 0.100. The van der Waals surface area contributed by atoms with Gasteiger partial charge in [-0.2, -0.15) is 0 Å². The van der Waals surface area contributed by atoms with Crippen molar-refractivity contribution in [2.75, 3.05) is 9.80 Å². The number of benzene rings is 9. The summed E-state index contributed by atoms with van der Waals surface area (Å²) < 4.78 is 2.19. The molecule has 9 aromatic carbocycles. The molecule has 2 aliphatic heterocycles. The fourth-order valence-electron chi connectivity index (χ4n) is 10.2. The molecule has 2 aliphatic rings. The highest BCUT2D eigenvalue weighted by molar-refractivity contribution is 9.10. The molecule has 2 nitrogen and oxygen atoms in total. The minimum absolute atomic E-state index is 0.0211. The molecule has 0 aromatic heterocycles. The largest absolute Gasteiger partial charge is 0.310 e. The van der Waals surface area contributed by atoms with Crippen LogP contribution in [-0.4, -0.2) is 6.71 Å². The first-order chi connectivity index (χ1) is 31.6. The van der Waals surface area contributed by atoms with Gasteiger partial charge in [0.15, 0.2) is 0 Å². The van der Waals surface area contributed by atoms with Crippen molar-refractivity contribution in [3.8, 4) is 44.5 Å². The van der Waals surface area contributed by atoms with Crippen LogP contribution in [0.4, 0.5) is 34.1 Å². The van der Waals surface area contributed by atoms with Crippen LogP contribution in [0.3, 0.4) is 0 Å². The highest BCUT2D eigenvalue weighted by atomic mass is 79.9. The SMILES string of the molecule is Cc1c(Br)ccc2c1N(c1ccccc1-c1cccc(-c3ccccc3)c1)c1cc(C(C)(C)C)cc3c1B2c1ccc(Br)c(C)c1N3c1ccccc1-c1cccc(-c2ccccc2)c1. The molecular formula is C60H47BBr2N2. The Morgan fingerprint density at radius 2 is 0.769 bits per heavy atom. The molecule has 65 heavy (non-hydrogen) atoms. The lowest BCUT2D eigenvalue weighted by atomic mass is 9.33. The lowest BCUT2D eigenvalue weighted by Gasteiger charge is -2.46. The quantitative estimate of drug-likeness (QED) is 0.153. The molecular weight excluding hydrogens is 919 g/mol. The average Bonchev–Trinajstić information content (AvgIpc) is 3.34. The van der Waals surface area contributed by atoms with Crippen LogP contribution in [0.25, 0.3) is 44.5 Å². The van der Waals surface area contributed by atoms with Crippen molar-refractivity contribution in [3.63, 3.8) is 0 Å². The Hall–Kier alpha value is -6.40. The average molecular weight is 967 g/mol. The van der Waals surface area contributed by atoms with Crippen LogP contribution >= 0.6 is 31.9 Å². The number of hydrogen-bond acceptors (Lipinski definition) is 2. The van der Waals surface area contributed by atoms with Crippen molar-refractivity contribution in [2.24, 2.45) is 0 Å². The Kier molecular flexibility index (Phi) is 10.3. The van der Waals surface area contributed by atoms with E-state index in [4.69, 9.17) is 0 Å². The Bertz CT molecular complexity index is 3110. The third-order valence-corrected chi connectivity index (χ3v) is 15.2. The molecule has 0 spiro atoms. The van der Waals surface area contributed by atoms with Gasteiger partial charge >= 0.3 is 0 Å². The van der Waals surface area contributed by atoms with Gasteiger partial charge in [0.1, 0.15) is 0 Å². The van der Waals surface area contributed by atoms with Gasteiger partial charge < -0.3 is 9.80 Å². The molecule has 11 rings (SSSR count). The molecule has 0 amide bonds. The maximum Gasteiger partial charge on any atom is 0.252 e. The Labute approximate surface area is 400 Å². The van der Waals surface area contributed by atoms with Crippen LogP contribution in [0.5, 0.6) is 0 Å². The van der Waals surface area contributed by atoms with E-state index < -0.39 is 0 Å². The lowest BCUT2D eigenvalue weighted by Crippen LogP contribution is -2.62. The van der Waals surface area contributed by atoms with Crippen LogP contribution in [0, 0.1) is 13.8 Å². The topological polar surface area (TPSA) is 6.48 Å². The van der Waals surface area contributed by atoms with Gasteiger partial charge in [-0.25, -0.2) is 0 Å². The monoisotopic (exact) mass is 964 g/mol. The first-order valence-electron chi connectivity index (χ1n) is 22.4. The zero-order valence-corrected chi connectivity index (χ0v) is 40.4. The van der Waals surface area contributed by atoms with Crippen LogP contribution in [0.1, 0.15) is 37.5 Å². The minimum Gasteiger partial charge on any atom is -0.310 e. The van der Waals surface area contributed by atoms with Crippen LogP contribution in [0.15, 0.2) is 203 Å². The summed E-state index contributed by atoms with van der Waals surface area (Å²) in [5.41, 5.74) is 24.1. The summed E-state index contributed by atoms with van der Waals surface area (Å²) in [7, 11) is 0. The van der Waals surface area contributed by atoms with Gasteiger partial charge in [-0.05, 0) is 134 Å². The van der Waals surface area contributed by atoms with E-state index in [2.05, 4.69) is 270 Å². The molecule has 0 N–H and O–H groups in total. The molecule has 0 radical (unpaired) electrons. The molecule has 0 saturated heterocycles. The first kappa shape index (κ1) is 41.3. The van der Waals surface area contributed by atoms with Crippen molar-refractivity contribution < 1.29 is 0 Å². The lowest BCUT2D eigenvalue weighted by molar-refractivity contribution is 0.590. The number of fused-ring (bicyclic) bond motifs is 4. The van der Waals surface area contributed by atoms with Crippen LogP contribution in [-0.2, 0) is 5.41 Å². The van der Waals surface area contributed by atoms with Crippen molar-refractivity contribution in [2.45, 2.75) is 40.0 Å². The molecule has 9 aromatic rings. The number of para-hydroxylation sites is 2. The normalized spacial score (nSPS) is 12.8. The number of anilines is 6. The molecule has 2 heterocycles. The fourth-order valence-corrected chi connectivity index (χ4v) is 10.9. The van der Waals surface area contributed by atoms with E-state index in [0.29, 0.717) is 0 Å². The van der Waals surface area contributed by atoms with Gasteiger partial charge in [0.2, 0.25) is 0 Å². The van der Waals surface area contributed by atoms with Gasteiger partial charge in [-0.1, -0.05) is 198 Å². The van der Waals surface area contributed by atoms with Crippen molar-refractivity contribution in [3.05, 3.63) is 220 Å². The number of nitrogens with zero attached hydrogens (tertiary/aromatic N) is 2. The zero-order valence-electron chi connectivity index (χ0n) is 37.2. The summed E-state index contributed by atoms with van der Waals surface area (Å²) in [6, 6.07) is 71.6. The third-order valence-electron chi connectivity index (χ3n) is 13.5. The molecule has 314 valence electrons. The molecule has 0 unspecified atom stereocenters. The number of hydrogen-bond donors (Lipinski definition) is 0. The Balaban J connectivity index is 1.22. The molecule has 0 bridgehead atoms. The van der Waals surface area contributed by atoms with E-state index in [1.807, 2.05) is 0 Å². The summed E-state index contributed by atoms with van der Waals surface area (Å²) in [5.74, 6) is 0. The summed E-state index contributed by atoms with van der Waals surface area (Å²) in [6.45, 7) is 11.6. The zero-order chi connectivity index (χ0) is 44.6. The van der Waals surface area contributed by atoms with E-state index in [1.165, 1.54) is 100 Å². The summed E-state index contributed by atoms with van der Waals surface area (Å²) >= 11 is 8.06. The molecule has 0 aliphatic carbocycles. The second-order valence-electron chi connectivity index (χ2n) is 18.4. The predicted molar refractivity (Wildman–Crippen MR) is 286 cm³/mol. The number of rotatable bonds is 6. The number of halogens is 2. The Morgan fingerprint density at radius 3 is 1.20 bits per heavy atom. The van der Waals surface area contributed by atoms with E-state index in [-0.39, 0.29) is 12.1 Å². The van der Waals surface area contributed by atoms with Crippen molar-refractivity contribution in [1.29, 1.82) is 0 Å². The standard InChI is InChI=1S/C60H47BBr2N2/c1-38-51(62)32-30-49-58(38)64(53-28-14-12-26-47(53)44-24-16-22-42(34-44)40-18-8-6-9-19-40)55-36-46(60(3,4)5)37-56-57(55)61(49)50-31-33-52(63)39(2)59(50)65(56)54-29-15-13-27-48(54)45-25-17-23-43(35-45)41-20-10-7-11-21-41/h6-37H,1-5H3. The maximum atomic E-state index is 4.03. The Morgan fingerprint density at radius 1 is 0.385 bits per heavy atom. The van der Waals surface area contributed by atoms with Gasteiger partial charge in [0.05, 0.1) is 11.4 Å². The van der Waals surface area contributed by atoms with Crippen LogP contribution < -0.4 is 26.2 Å². The minimum atomic E-state index is -0.162. The summed E-state index contributed by atoms with van der Waals surface area (Å²) in [6.07, 6.45) is 0. The summed E-state index contributed by atoms with van der Waals surface area (Å²) in [4.78, 5) is 5.18. The van der Waals surface area contributed by atoms with E-state index >= 15 is 0 Å². The van der Waals surface area contributed by atoms with E-state index in [9.17, 15) is 0 Å². The molecule has 0 atom stereocenters. The highest BCUT2D eigenvalue weighted by Gasteiger charge is 2.46. The molecule has 5 heteroatoms. The third kappa shape index (κ3) is 6.99. The van der Waals surface area contributed by atoms with Gasteiger partial charge in [0, 0.05) is 42.8 Å². The summed E-state index contributed by atoms with van der Waals surface area (Å²) in [5, 5.41) is 0. The molecule has 0 fully saturated rings. The first-order valence-corrected chi connectivity index (χ1v) is 24.0. The predicted octanol–water partition coefficient (Wildman–Crippen LogP) is 15.9. The van der Waals surface area contributed by atoms with Crippen molar-refractivity contribution >= 4 is 89.1 Å². The van der Waals surface area contributed by atoms with Crippen LogP contribution in [0.2, 0.25) is 0 Å². The second kappa shape index (κ2) is 16.2.